The molecule has 0 spiro atoms. The van der Waals surface area contributed by atoms with Gasteiger partial charge in [-0.1, -0.05) is 23.2 Å². The van der Waals surface area contributed by atoms with E-state index >= 15 is 0 Å². The molecule has 0 saturated heterocycles. The molecule has 0 saturated carbocycles. The fourth-order valence-electron chi connectivity index (χ4n) is 2.08. The molecule has 3 rings (SSSR count). The summed E-state index contributed by atoms with van der Waals surface area (Å²) in [6.45, 7) is 0. The Kier molecular flexibility index (Phi) is 3.61. The molecule has 21 heavy (non-hydrogen) atoms. The molecule has 0 fully saturated rings. The molecule has 108 valence electrons. The highest BCUT2D eigenvalue weighted by Gasteiger charge is 2.19. The van der Waals surface area contributed by atoms with E-state index in [1.807, 2.05) is 6.07 Å². The lowest BCUT2D eigenvalue weighted by Crippen LogP contribution is -1.94. The van der Waals surface area contributed by atoms with Crippen LogP contribution in [-0.4, -0.2) is 29.4 Å². The molecule has 1 aromatic carbocycles. The Morgan fingerprint density at radius 2 is 1.67 bits per heavy atom. The zero-order valence-electron chi connectivity index (χ0n) is 11.3. The summed E-state index contributed by atoms with van der Waals surface area (Å²) in [5.74, 6) is 0.943. The lowest BCUT2D eigenvalue weighted by molar-refractivity contribution is 0.395. The zero-order chi connectivity index (χ0) is 15.0. The first-order valence-electron chi connectivity index (χ1n) is 6.05. The third-order valence-electron chi connectivity index (χ3n) is 3.15. The predicted molar refractivity (Wildman–Crippen MR) is 82.4 cm³/mol. The van der Waals surface area contributed by atoms with Gasteiger partial charge >= 0.3 is 0 Å². The molecule has 0 aliphatic rings. The van der Waals surface area contributed by atoms with Gasteiger partial charge in [0.15, 0.2) is 0 Å². The Morgan fingerprint density at radius 3 is 2.29 bits per heavy atom. The van der Waals surface area contributed by atoms with Crippen molar-refractivity contribution in [2.45, 2.75) is 0 Å². The van der Waals surface area contributed by atoms with Gasteiger partial charge in [0.2, 0.25) is 0 Å². The second-order valence-electron chi connectivity index (χ2n) is 4.31. The van der Waals surface area contributed by atoms with E-state index in [2.05, 4.69) is 15.2 Å². The molecule has 0 unspecified atom stereocenters. The number of pyridine rings is 1. The van der Waals surface area contributed by atoms with Crippen LogP contribution >= 0.6 is 23.2 Å². The Balaban J connectivity index is 2.29. The average Bonchev–Trinajstić information content (AvgIpc) is 2.95. The van der Waals surface area contributed by atoms with E-state index in [9.17, 15) is 0 Å². The van der Waals surface area contributed by atoms with Gasteiger partial charge in [-0.25, -0.2) is 0 Å². The van der Waals surface area contributed by atoms with Crippen LogP contribution < -0.4 is 9.47 Å². The Bertz CT molecular complexity index is 789. The fraction of sp³-hybridized carbons (Fsp3) is 0.143. The minimum atomic E-state index is 0.384. The van der Waals surface area contributed by atoms with E-state index in [0.29, 0.717) is 32.8 Å². The van der Waals surface area contributed by atoms with Crippen LogP contribution in [0.3, 0.4) is 0 Å². The standard InChI is InChI=1S/C14H11Cl2N3O2/c1-20-10-4-11(21-2)14(16)12(13(10)15)9-3-8-7(5-17-9)6-18-19-8/h3-6H,1-2H3,(H,18,19). The molecule has 0 bridgehead atoms. The van der Waals surface area contributed by atoms with Crippen molar-refractivity contribution in [3.05, 3.63) is 34.6 Å². The first kappa shape index (κ1) is 14.0. The number of rotatable bonds is 3. The van der Waals surface area contributed by atoms with Gasteiger partial charge in [0.05, 0.1) is 41.7 Å². The number of aromatic nitrogens is 3. The van der Waals surface area contributed by atoms with E-state index in [4.69, 9.17) is 32.7 Å². The number of fused-ring (bicyclic) bond motifs is 1. The fourth-order valence-corrected chi connectivity index (χ4v) is 2.78. The second kappa shape index (κ2) is 5.42. The molecule has 3 aromatic rings. The van der Waals surface area contributed by atoms with Gasteiger partial charge in [-0.15, -0.1) is 0 Å². The number of nitrogens with zero attached hydrogens (tertiary/aromatic N) is 2. The first-order chi connectivity index (χ1) is 10.2. The topological polar surface area (TPSA) is 60.0 Å². The number of hydrogen-bond acceptors (Lipinski definition) is 4. The summed E-state index contributed by atoms with van der Waals surface area (Å²) in [7, 11) is 3.06. The van der Waals surface area contributed by atoms with Crippen molar-refractivity contribution >= 4 is 34.1 Å². The molecule has 1 N–H and O–H groups in total. The highest BCUT2D eigenvalue weighted by Crippen LogP contribution is 2.45. The highest BCUT2D eigenvalue weighted by molar-refractivity contribution is 6.41. The molecular weight excluding hydrogens is 313 g/mol. The molecule has 5 nitrogen and oxygen atoms in total. The Morgan fingerprint density at radius 1 is 1.00 bits per heavy atom. The largest absolute Gasteiger partial charge is 0.495 e. The highest BCUT2D eigenvalue weighted by atomic mass is 35.5. The van der Waals surface area contributed by atoms with Crippen LogP contribution in [0.4, 0.5) is 0 Å². The van der Waals surface area contributed by atoms with E-state index in [-0.39, 0.29) is 0 Å². The van der Waals surface area contributed by atoms with Gasteiger partial charge in [-0.05, 0) is 6.07 Å². The van der Waals surface area contributed by atoms with Crippen LogP contribution in [0.15, 0.2) is 24.5 Å². The lowest BCUT2D eigenvalue weighted by Gasteiger charge is -2.14. The van der Waals surface area contributed by atoms with Gasteiger partial charge in [-0.2, -0.15) is 5.10 Å². The summed E-state index contributed by atoms with van der Waals surface area (Å²) in [6.07, 6.45) is 3.40. The first-order valence-corrected chi connectivity index (χ1v) is 6.80. The maximum atomic E-state index is 6.37. The number of aromatic amines is 1. The molecule has 2 heterocycles. The Labute approximate surface area is 130 Å². The molecule has 2 aromatic heterocycles. The maximum absolute atomic E-state index is 6.37. The van der Waals surface area contributed by atoms with Crippen LogP contribution in [0.5, 0.6) is 11.5 Å². The van der Waals surface area contributed by atoms with Crippen molar-refractivity contribution in [3.63, 3.8) is 0 Å². The SMILES string of the molecule is COc1cc(OC)c(Cl)c(-c2cc3[nH]ncc3cn2)c1Cl. The number of hydrogen-bond donors (Lipinski definition) is 1. The van der Waals surface area contributed by atoms with E-state index < -0.39 is 0 Å². The minimum Gasteiger partial charge on any atom is -0.495 e. The summed E-state index contributed by atoms with van der Waals surface area (Å²) in [4.78, 5) is 4.38. The third kappa shape index (κ3) is 2.28. The lowest BCUT2D eigenvalue weighted by atomic mass is 10.1. The maximum Gasteiger partial charge on any atom is 0.141 e. The molecule has 7 heteroatoms. The van der Waals surface area contributed by atoms with Crippen molar-refractivity contribution in [2.24, 2.45) is 0 Å². The third-order valence-corrected chi connectivity index (χ3v) is 3.90. The Hall–Kier alpha value is -1.98. The van der Waals surface area contributed by atoms with Gasteiger partial charge in [0.25, 0.3) is 0 Å². The number of H-pyrrole nitrogens is 1. The van der Waals surface area contributed by atoms with Crippen LogP contribution in [0, 0.1) is 0 Å². The van der Waals surface area contributed by atoms with Gasteiger partial charge in [-0.3, -0.25) is 10.1 Å². The number of halogens is 2. The summed E-state index contributed by atoms with van der Waals surface area (Å²) in [5.41, 5.74) is 2.01. The monoisotopic (exact) mass is 323 g/mol. The molecule has 0 atom stereocenters. The van der Waals surface area contributed by atoms with Crippen molar-refractivity contribution in [1.82, 2.24) is 15.2 Å². The van der Waals surface area contributed by atoms with Crippen molar-refractivity contribution in [1.29, 1.82) is 0 Å². The molecule has 0 aliphatic heterocycles. The molecule has 0 radical (unpaired) electrons. The van der Waals surface area contributed by atoms with E-state index in [1.54, 1.807) is 18.5 Å². The smallest absolute Gasteiger partial charge is 0.141 e. The van der Waals surface area contributed by atoms with Crippen LogP contribution in [0.1, 0.15) is 0 Å². The number of ether oxygens (including phenoxy) is 2. The summed E-state index contributed by atoms with van der Waals surface area (Å²) < 4.78 is 10.5. The molecular formula is C14H11Cl2N3O2. The number of nitrogens with one attached hydrogen (secondary N) is 1. The average molecular weight is 324 g/mol. The predicted octanol–water partition coefficient (Wildman–Crippen LogP) is 3.95. The summed E-state index contributed by atoms with van der Waals surface area (Å²) >= 11 is 12.7. The second-order valence-corrected chi connectivity index (χ2v) is 5.07. The molecule has 0 aliphatic carbocycles. The summed E-state index contributed by atoms with van der Waals surface area (Å²) in [6, 6.07) is 3.47. The zero-order valence-corrected chi connectivity index (χ0v) is 12.8. The van der Waals surface area contributed by atoms with Crippen molar-refractivity contribution in [3.8, 4) is 22.8 Å². The van der Waals surface area contributed by atoms with Crippen LogP contribution in [0.25, 0.3) is 22.2 Å². The van der Waals surface area contributed by atoms with Crippen LogP contribution in [0.2, 0.25) is 10.0 Å². The summed E-state index contributed by atoms with van der Waals surface area (Å²) in [5, 5.41) is 8.53. The van der Waals surface area contributed by atoms with Gasteiger partial charge < -0.3 is 9.47 Å². The normalized spacial score (nSPS) is 10.9. The quantitative estimate of drug-likeness (QED) is 0.792. The minimum absolute atomic E-state index is 0.384. The van der Waals surface area contributed by atoms with Gasteiger partial charge in [0.1, 0.15) is 11.5 Å². The number of benzene rings is 1. The van der Waals surface area contributed by atoms with E-state index in [1.165, 1.54) is 14.2 Å². The van der Waals surface area contributed by atoms with Crippen molar-refractivity contribution < 1.29 is 9.47 Å². The van der Waals surface area contributed by atoms with E-state index in [0.717, 1.165) is 10.9 Å². The van der Waals surface area contributed by atoms with Crippen molar-refractivity contribution in [2.75, 3.05) is 14.2 Å². The number of methoxy groups -OCH3 is 2. The van der Waals surface area contributed by atoms with Gasteiger partial charge in [0, 0.05) is 23.2 Å². The van der Waals surface area contributed by atoms with Crippen LogP contribution in [-0.2, 0) is 0 Å². The molecule has 0 amide bonds.